The number of nitrogens with zero attached hydrogens (tertiary/aromatic N) is 3. The molecule has 2 aliphatic rings. The summed E-state index contributed by atoms with van der Waals surface area (Å²) in [4.78, 5) is 12.7. The SMILES string of the molecule is C=C(C)C(=O)OCCc1ccc2nn(C3(O)C=CC4=C(C3)OCO4)nc2c1. The number of benzene rings is 1. The summed E-state index contributed by atoms with van der Waals surface area (Å²) in [6, 6.07) is 5.58. The number of esters is 1. The Bertz CT molecular complexity index is 990. The van der Waals surface area contributed by atoms with Gasteiger partial charge in [-0.05, 0) is 36.8 Å². The zero-order valence-electron chi connectivity index (χ0n) is 14.8. The number of fused-ring (bicyclic) bond motifs is 1. The van der Waals surface area contributed by atoms with E-state index in [2.05, 4.69) is 16.8 Å². The van der Waals surface area contributed by atoms with Gasteiger partial charge in [0.15, 0.2) is 5.76 Å². The molecule has 1 aromatic heterocycles. The second-order valence-corrected chi connectivity index (χ2v) is 6.56. The molecular weight excluding hydrogens is 350 g/mol. The van der Waals surface area contributed by atoms with Gasteiger partial charge in [0, 0.05) is 12.0 Å². The number of aliphatic hydroxyl groups is 1. The lowest BCUT2D eigenvalue weighted by Gasteiger charge is -2.25. The molecule has 0 saturated carbocycles. The van der Waals surface area contributed by atoms with E-state index in [1.54, 1.807) is 19.1 Å². The topological polar surface area (TPSA) is 95.7 Å². The van der Waals surface area contributed by atoms with Crippen molar-refractivity contribution in [3.05, 3.63) is 59.6 Å². The smallest absolute Gasteiger partial charge is 0.333 e. The zero-order valence-corrected chi connectivity index (χ0v) is 14.8. The van der Waals surface area contributed by atoms with Crippen LogP contribution in [0.2, 0.25) is 0 Å². The highest BCUT2D eigenvalue weighted by Crippen LogP contribution is 2.34. The van der Waals surface area contributed by atoms with Crippen LogP contribution in [0.3, 0.4) is 0 Å². The van der Waals surface area contributed by atoms with Gasteiger partial charge in [-0.15, -0.1) is 4.80 Å². The average molecular weight is 369 g/mol. The molecule has 27 heavy (non-hydrogen) atoms. The molecule has 0 fully saturated rings. The fourth-order valence-corrected chi connectivity index (χ4v) is 2.91. The molecule has 2 heterocycles. The number of hydrogen-bond donors (Lipinski definition) is 1. The summed E-state index contributed by atoms with van der Waals surface area (Å²) in [5.74, 6) is 0.810. The third-order valence-electron chi connectivity index (χ3n) is 4.41. The van der Waals surface area contributed by atoms with Crippen molar-refractivity contribution in [1.82, 2.24) is 15.0 Å². The van der Waals surface area contributed by atoms with E-state index in [1.807, 2.05) is 18.2 Å². The first-order chi connectivity index (χ1) is 12.9. The van der Waals surface area contributed by atoms with Crippen molar-refractivity contribution in [3.8, 4) is 0 Å². The fourth-order valence-electron chi connectivity index (χ4n) is 2.91. The summed E-state index contributed by atoms with van der Waals surface area (Å²) in [6.07, 6.45) is 4.01. The number of carbonyl (C=O) groups is 1. The molecule has 0 saturated heterocycles. The molecule has 1 atom stereocenters. The quantitative estimate of drug-likeness (QED) is 0.635. The van der Waals surface area contributed by atoms with Crippen LogP contribution in [0.4, 0.5) is 0 Å². The Morgan fingerprint density at radius 3 is 3.00 bits per heavy atom. The van der Waals surface area contributed by atoms with Gasteiger partial charge in [0.25, 0.3) is 0 Å². The molecule has 8 heteroatoms. The number of carbonyl (C=O) groups excluding carboxylic acids is 1. The van der Waals surface area contributed by atoms with Gasteiger partial charge in [-0.1, -0.05) is 12.6 Å². The fraction of sp³-hybridized carbons (Fsp3) is 0.316. The van der Waals surface area contributed by atoms with Crippen LogP contribution in [-0.4, -0.2) is 39.5 Å². The zero-order chi connectivity index (χ0) is 19.0. The Labute approximate surface area is 155 Å². The molecule has 1 aliphatic heterocycles. The second-order valence-electron chi connectivity index (χ2n) is 6.56. The lowest BCUT2D eigenvalue weighted by atomic mass is 10.0. The monoisotopic (exact) mass is 369 g/mol. The highest BCUT2D eigenvalue weighted by molar-refractivity contribution is 5.86. The summed E-state index contributed by atoms with van der Waals surface area (Å²) in [5.41, 5.74) is 1.21. The van der Waals surface area contributed by atoms with Gasteiger partial charge in [0.2, 0.25) is 12.5 Å². The predicted molar refractivity (Wildman–Crippen MR) is 95.0 cm³/mol. The van der Waals surface area contributed by atoms with E-state index in [-0.39, 0.29) is 19.8 Å². The highest BCUT2D eigenvalue weighted by Gasteiger charge is 2.37. The molecule has 0 amide bonds. The maximum Gasteiger partial charge on any atom is 0.333 e. The van der Waals surface area contributed by atoms with Crippen LogP contribution in [-0.2, 0) is 31.2 Å². The van der Waals surface area contributed by atoms with Crippen molar-refractivity contribution in [1.29, 1.82) is 0 Å². The van der Waals surface area contributed by atoms with E-state index in [9.17, 15) is 9.90 Å². The number of allylic oxidation sites excluding steroid dienone is 1. The predicted octanol–water partition coefficient (Wildman–Crippen LogP) is 1.91. The molecule has 0 radical (unpaired) electrons. The average Bonchev–Trinajstić information content (AvgIpc) is 3.27. The van der Waals surface area contributed by atoms with Gasteiger partial charge in [-0.25, -0.2) is 4.79 Å². The van der Waals surface area contributed by atoms with E-state index in [4.69, 9.17) is 14.2 Å². The van der Waals surface area contributed by atoms with Crippen molar-refractivity contribution in [2.75, 3.05) is 13.4 Å². The van der Waals surface area contributed by atoms with E-state index >= 15 is 0 Å². The molecule has 0 spiro atoms. The maximum absolute atomic E-state index is 11.4. The van der Waals surface area contributed by atoms with Crippen LogP contribution in [0.1, 0.15) is 18.9 Å². The Kier molecular flexibility index (Phi) is 4.19. The standard InChI is InChI=1S/C19H19N3O5/c1-12(2)18(23)25-8-6-13-3-4-14-15(9-13)21-22(20-14)19(24)7-5-16-17(10-19)27-11-26-16/h3-5,7,9,24H,1,6,8,10-11H2,2H3. The molecule has 2 aromatic rings. The second kappa shape index (κ2) is 6.55. The summed E-state index contributed by atoms with van der Waals surface area (Å²) >= 11 is 0. The Morgan fingerprint density at radius 1 is 1.37 bits per heavy atom. The van der Waals surface area contributed by atoms with Crippen molar-refractivity contribution in [2.45, 2.75) is 25.5 Å². The first kappa shape index (κ1) is 17.3. The molecule has 1 aromatic carbocycles. The Hall–Kier alpha value is -3.13. The van der Waals surface area contributed by atoms with Gasteiger partial charge in [0.1, 0.15) is 16.8 Å². The summed E-state index contributed by atoms with van der Waals surface area (Å²) in [7, 11) is 0. The normalized spacial score (nSPS) is 21.0. The van der Waals surface area contributed by atoms with Gasteiger partial charge in [-0.2, -0.15) is 10.2 Å². The maximum atomic E-state index is 11.4. The van der Waals surface area contributed by atoms with Crippen LogP contribution in [0, 0.1) is 0 Å². The largest absolute Gasteiger partial charge is 0.462 e. The van der Waals surface area contributed by atoms with Crippen molar-refractivity contribution in [3.63, 3.8) is 0 Å². The van der Waals surface area contributed by atoms with Gasteiger partial charge >= 0.3 is 5.97 Å². The van der Waals surface area contributed by atoms with Crippen molar-refractivity contribution < 1.29 is 24.1 Å². The third kappa shape index (κ3) is 3.31. The van der Waals surface area contributed by atoms with E-state index in [0.29, 0.717) is 34.5 Å². The molecule has 140 valence electrons. The number of ether oxygens (including phenoxy) is 3. The van der Waals surface area contributed by atoms with Crippen LogP contribution >= 0.6 is 0 Å². The van der Waals surface area contributed by atoms with Gasteiger partial charge < -0.3 is 19.3 Å². The molecule has 0 bridgehead atoms. The lowest BCUT2D eigenvalue weighted by molar-refractivity contribution is -0.138. The van der Waals surface area contributed by atoms with Crippen molar-refractivity contribution in [2.24, 2.45) is 0 Å². The van der Waals surface area contributed by atoms with Crippen LogP contribution < -0.4 is 0 Å². The summed E-state index contributed by atoms with van der Waals surface area (Å²) < 4.78 is 15.8. The van der Waals surface area contributed by atoms with E-state index in [1.165, 1.54) is 4.80 Å². The van der Waals surface area contributed by atoms with Crippen LogP contribution in [0.5, 0.6) is 0 Å². The first-order valence-corrected chi connectivity index (χ1v) is 8.54. The Balaban J connectivity index is 1.50. The molecule has 4 rings (SSSR count). The number of aromatic nitrogens is 3. The molecule has 1 N–H and O–H groups in total. The number of rotatable bonds is 5. The lowest BCUT2D eigenvalue weighted by Crippen LogP contribution is -2.35. The molecular formula is C19H19N3O5. The molecule has 1 unspecified atom stereocenters. The minimum absolute atomic E-state index is 0.152. The van der Waals surface area contributed by atoms with Crippen molar-refractivity contribution >= 4 is 17.0 Å². The molecule has 1 aliphatic carbocycles. The third-order valence-corrected chi connectivity index (χ3v) is 4.41. The minimum Gasteiger partial charge on any atom is -0.462 e. The summed E-state index contributed by atoms with van der Waals surface area (Å²) in [5, 5.41) is 19.7. The molecule has 8 nitrogen and oxygen atoms in total. The van der Waals surface area contributed by atoms with E-state index in [0.717, 1.165) is 5.56 Å². The summed E-state index contributed by atoms with van der Waals surface area (Å²) in [6.45, 7) is 5.57. The van der Waals surface area contributed by atoms with Crippen LogP contribution in [0.25, 0.3) is 11.0 Å². The van der Waals surface area contributed by atoms with Crippen LogP contribution in [0.15, 0.2) is 54.0 Å². The minimum atomic E-state index is -1.41. The van der Waals surface area contributed by atoms with Gasteiger partial charge in [0.05, 0.1) is 13.0 Å². The van der Waals surface area contributed by atoms with E-state index < -0.39 is 11.7 Å². The first-order valence-electron chi connectivity index (χ1n) is 8.54. The number of hydrogen-bond acceptors (Lipinski definition) is 7. The highest BCUT2D eigenvalue weighted by atomic mass is 16.7. The Morgan fingerprint density at radius 2 is 2.19 bits per heavy atom. The van der Waals surface area contributed by atoms with Gasteiger partial charge in [-0.3, -0.25) is 0 Å².